The number of thioether (sulfide) groups is 1. The molecule has 0 saturated carbocycles. The summed E-state index contributed by atoms with van der Waals surface area (Å²) in [5.41, 5.74) is 1.74. The van der Waals surface area contributed by atoms with Crippen LogP contribution >= 0.6 is 11.8 Å². The molecule has 1 N–H and O–H groups in total. The number of nitrogens with zero attached hydrogens (tertiary/aromatic N) is 2. The lowest BCUT2D eigenvalue weighted by Gasteiger charge is -2.32. The number of hydrogen-bond acceptors (Lipinski definition) is 6. The molecule has 7 nitrogen and oxygen atoms in total. The number of carbonyl (C=O) groups excluding carboxylic acids is 2. The highest BCUT2D eigenvalue weighted by Gasteiger charge is 2.30. The Labute approximate surface area is 169 Å². The normalized spacial score (nSPS) is 16.2. The first-order valence-corrected chi connectivity index (χ1v) is 10.6. The van der Waals surface area contributed by atoms with Crippen molar-refractivity contribution in [3.05, 3.63) is 18.2 Å². The highest BCUT2D eigenvalue weighted by atomic mass is 32.2. The van der Waals surface area contributed by atoms with Gasteiger partial charge in [-0.2, -0.15) is 0 Å². The number of H-pyrrole nitrogens is 1. The summed E-state index contributed by atoms with van der Waals surface area (Å²) in [7, 11) is 0. The van der Waals surface area contributed by atoms with Crippen molar-refractivity contribution >= 4 is 34.7 Å². The van der Waals surface area contributed by atoms with Gasteiger partial charge in [-0.3, -0.25) is 9.59 Å². The molecule has 1 aromatic heterocycles. The van der Waals surface area contributed by atoms with Crippen molar-refractivity contribution in [1.82, 2.24) is 14.9 Å². The fourth-order valence-corrected chi connectivity index (χ4v) is 4.25. The third kappa shape index (κ3) is 4.79. The molecule has 2 aromatic rings. The first kappa shape index (κ1) is 20.5. The Balaban J connectivity index is 1.57. The molecule has 0 radical (unpaired) electrons. The zero-order chi connectivity index (χ0) is 20.1. The van der Waals surface area contributed by atoms with Crippen molar-refractivity contribution in [3.63, 3.8) is 0 Å². The van der Waals surface area contributed by atoms with Crippen molar-refractivity contribution in [2.24, 2.45) is 5.92 Å². The van der Waals surface area contributed by atoms with Crippen LogP contribution in [0.2, 0.25) is 0 Å². The molecule has 0 aliphatic carbocycles. The lowest BCUT2D eigenvalue weighted by atomic mass is 9.97. The maximum absolute atomic E-state index is 12.8. The summed E-state index contributed by atoms with van der Waals surface area (Å²) >= 11 is 1.42. The Morgan fingerprint density at radius 3 is 2.71 bits per heavy atom. The number of piperidine rings is 1. The summed E-state index contributed by atoms with van der Waals surface area (Å²) in [4.78, 5) is 34.3. The minimum absolute atomic E-state index is 0.0720. The van der Waals surface area contributed by atoms with Crippen LogP contribution in [0.25, 0.3) is 11.0 Å². The van der Waals surface area contributed by atoms with E-state index in [9.17, 15) is 9.59 Å². The summed E-state index contributed by atoms with van der Waals surface area (Å²) in [5.74, 6) is 0.624. The number of rotatable bonds is 7. The van der Waals surface area contributed by atoms with Crippen molar-refractivity contribution in [2.45, 2.75) is 44.0 Å². The molecule has 0 spiro atoms. The summed E-state index contributed by atoms with van der Waals surface area (Å²) in [6, 6.07) is 5.72. The molecule has 2 heterocycles. The van der Waals surface area contributed by atoms with Crippen LogP contribution in [0.5, 0.6) is 5.75 Å². The number of amides is 1. The highest BCUT2D eigenvalue weighted by molar-refractivity contribution is 8.00. The number of ether oxygens (including phenoxy) is 2. The molecule has 1 aliphatic heterocycles. The van der Waals surface area contributed by atoms with E-state index < -0.39 is 0 Å². The molecule has 1 aromatic carbocycles. The predicted molar refractivity (Wildman–Crippen MR) is 109 cm³/mol. The zero-order valence-corrected chi connectivity index (χ0v) is 17.4. The molecule has 1 atom stereocenters. The van der Waals surface area contributed by atoms with Gasteiger partial charge in [-0.25, -0.2) is 4.98 Å². The van der Waals surface area contributed by atoms with Crippen LogP contribution in [0.4, 0.5) is 0 Å². The molecule has 8 heteroatoms. The van der Waals surface area contributed by atoms with E-state index in [4.69, 9.17) is 9.47 Å². The van der Waals surface area contributed by atoms with Crippen LogP contribution in [0.3, 0.4) is 0 Å². The van der Waals surface area contributed by atoms with Crippen LogP contribution < -0.4 is 4.74 Å². The first-order chi connectivity index (χ1) is 13.5. The number of hydrogen-bond donors (Lipinski definition) is 1. The van der Waals surface area contributed by atoms with Crippen LogP contribution in [0.15, 0.2) is 23.4 Å². The number of aromatic amines is 1. The molecule has 152 valence electrons. The number of esters is 1. The molecular weight excluding hydrogens is 378 g/mol. The van der Waals surface area contributed by atoms with Gasteiger partial charge in [0.1, 0.15) is 5.75 Å². The second kappa shape index (κ2) is 9.32. The molecular formula is C20H27N3O4S. The Morgan fingerprint density at radius 1 is 1.29 bits per heavy atom. The molecule has 1 aliphatic rings. The van der Waals surface area contributed by atoms with E-state index in [-0.39, 0.29) is 23.0 Å². The summed E-state index contributed by atoms with van der Waals surface area (Å²) in [6.07, 6.45) is 1.32. The average molecular weight is 406 g/mol. The number of imidazole rings is 1. The first-order valence-electron chi connectivity index (χ1n) is 9.76. The number of nitrogens with one attached hydrogen (secondary N) is 1. The monoisotopic (exact) mass is 405 g/mol. The van der Waals surface area contributed by atoms with Gasteiger partial charge in [0.15, 0.2) is 5.16 Å². The van der Waals surface area contributed by atoms with Crippen LogP contribution in [0, 0.1) is 5.92 Å². The van der Waals surface area contributed by atoms with Gasteiger partial charge in [0.25, 0.3) is 0 Å². The van der Waals surface area contributed by atoms with Gasteiger partial charge in [-0.05, 0) is 45.7 Å². The van der Waals surface area contributed by atoms with Crippen molar-refractivity contribution in [2.75, 3.05) is 26.3 Å². The van der Waals surface area contributed by atoms with Crippen molar-refractivity contribution in [3.8, 4) is 5.75 Å². The van der Waals surface area contributed by atoms with E-state index in [1.54, 1.807) is 0 Å². The lowest BCUT2D eigenvalue weighted by Crippen LogP contribution is -2.43. The topological polar surface area (TPSA) is 84.5 Å². The minimum Gasteiger partial charge on any atom is -0.494 e. The highest BCUT2D eigenvalue weighted by Crippen LogP contribution is 2.28. The number of aromatic nitrogens is 2. The van der Waals surface area contributed by atoms with E-state index in [2.05, 4.69) is 9.97 Å². The lowest BCUT2D eigenvalue weighted by molar-refractivity contribution is -0.151. The molecule has 0 bridgehead atoms. The third-order valence-electron chi connectivity index (χ3n) is 4.81. The molecule has 28 heavy (non-hydrogen) atoms. The molecule has 1 amide bonds. The third-order valence-corrected chi connectivity index (χ3v) is 5.78. The smallest absolute Gasteiger partial charge is 0.309 e. The SMILES string of the molecule is CCOC(=O)C1CCN(C(=O)C(C)Sc2nc3ccc(OCC)cc3[nH]2)CC1. The second-order valence-corrected chi connectivity index (χ2v) is 8.10. The molecule has 1 unspecified atom stereocenters. The number of carbonyl (C=O) groups is 2. The number of fused-ring (bicyclic) bond motifs is 1. The number of benzene rings is 1. The maximum atomic E-state index is 12.8. The standard InChI is InChI=1S/C20H27N3O4S/c1-4-26-15-6-7-16-17(12-15)22-20(21-16)28-13(3)18(24)23-10-8-14(9-11-23)19(25)27-5-2/h6-7,12-14H,4-5,8-11H2,1-3H3,(H,21,22). The number of likely N-dealkylation sites (tertiary alicyclic amines) is 1. The maximum Gasteiger partial charge on any atom is 0.309 e. The molecule has 3 rings (SSSR count). The fourth-order valence-electron chi connectivity index (χ4n) is 3.35. The Bertz CT molecular complexity index is 830. The van der Waals surface area contributed by atoms with Gasteiger partial charge in [0.2, 0.25) is 5.91 Å². The van der Waals surface area contributed by atoms with Gasteiger partial charge in [-0.1, -0.05) is 11.8 Å². The molecule has 1 saturated heterocycles. The van der Waals surface area contributed by atoms with Crippen LogP contribution in [-0.2, 0) is 14.3 Å². The summed E-state index contributed by atoms with van der Waals surface area (Å²) in [5, 5.41) is 0.456. The fraction of sp³-hybridized carbons (Fsp3) is 0.550. The van der Waals surface area contributed by atoms with Gasteiger partial charge < -0.3 is 19.4 Å². The van der Waals surface area contributed by atoms with Crippen LogP contribution in [0.1, 0.15) is 33.6 Å². The summed E-state index contributed by atoms with van der Waals surface area (Å²) in [6.45, 7) is 7.83. The second-order valence-electron chi connectivity index (χ2n) is 6.77. The van der Waals surface area contributed by atoms with Gasteiger partial charge in [0, 0.05) is 19.2 Å². The minimum atomic E-state index is -0.258. The predicted octanol–water partition coefficient (Wildman–Crippen LogP) is 3.24. The van der Waals surface area contributed by atoms with E-state index in [0.717, 1.165) is 16.8 Å². The van der Waals surface area contributed by atoms with E-state index in [0.29, 0.717) is 44.3 Å². The largest absolute Gasteiger partial charge is 0.494 e. The molecule has 1 fully saturated rings. The van der Waals surface area contributed by atoms with Gasteiger partial charge >= 0.3 is 5.97 Å². The van der Waals surface area contributed by atoms with E-state index >= 15 is 0 Å². The van der Waals surface area contributed by atoms with Crippen molar-refractivity contribution < 1.29 is 19.1 Å². The van der Waals surface area contributed by atoms with Crippen molar-refractivity contribution in [1.29, 1.82) is 0 Å². The average Bonchev–Trinajstić information content (AvgIpc) is 3.09. The van der Waals surface area contributed by atoms with Gasteiger partial charge in [0.05, 0.1) is 35.4 Å². The van der Waals surface area contributed by atoms with E-state index in [1.165, 1.54) is 11.8 Å². The Hall–Kier alpha value is -2.22. The van der Waals surface area contributed by atoms with Crippen LogP contribution in [-0.4, -0.2) is 58.3 Å². The quantitative estimate of drug-likeness (QED) is 0.562. The Morgan fingerprint density at radius 2 is 2.04 bits per heavy atom. The Kier molecular flexibility index (Phi) is 6.83. The summed E-state index contributed by atoms with van der Waals surface area (Å²) < 4.78 is 10.6. The zero-order valence-electron chi connectivity index (χ0n) is 16.6. The van der Waals surface area contributed by atoms with E-state index in [1.807, 2.05) is 43.9 Å². The van der Waals surface area contributed by atoms with Gasteiger partial charge in [-0.15, -0.1) is 0 Å².